The molecule has 1 saturated heterocycles. The Morgan fingerprint density at radius 2 is 2.08 bits per heavy atom. The fourth-order valence-electron chi connectivity index (χ4n) is 3.87. The summed E-state index contributed by atoms with van der Waals surface area (Å²) < 4.78 is 32.2. The van der Waals surface area contributed by atoms with Crippen molar-refractivity contribution in [1.29, 1.82) is 0 Å². The molecule has 0 radical (unpaired) electrons. The molecule has 2 aliphatic rings. The van der Waals surface area contributed by atoms with E-state index in [1.165, 1.54) is 0 Å². The molecule has 142 valence electrons. The van der Waals surface area contributed by atoms with Crippen LogP contribution in [-0.4, -0.2) is 30.9 Å². The van der Waals surface area contributed by atoms with Crippen LogP contribution in [0.3, 0.4) is 0 Å². The Morgan fingerprint density at radius 1 is 1.31 bits per heavy atom. The molecule has 1 aromatic carbocycles. The topological polar surface area (TPSA) is 67.4 Å². The van der Waals surface area contributed by atoms with Gasteiger partial charge in [0.1, 0.15) is 11.7 Å². The highest BCUT2D eigenvalue weighted by molar-refractivity contribution is 6.01. The number of hydrogen-bond donors (Lipinski definition) is 2. The second-order valence-corrected chi connectivity index (χ2v) is 7.13. The quantitative estimate of drug-likeness (QED) is 0.805. The minimum Gasteiger partial charge on any atom is -0.496 e. The van der Waals surface area contributed by atoms with Gasteiger partial charge in [-0.1, -0.05) is 12.1 Å². The van der Waals surface area contributed by atoms with Crippen molar-refractivity contribution in [2.45, 2.75) is 57.0 Å². The molecule has 0 spiro atoms. The highest BCUT2D eigenvalue weighted by Gasteiger charge is 2.42. The van der Waals surface area contributed by atoms with Crippen molar-refractivity contribution in [2.24, 2.45) is 5.92 Å². The molecule has 2 amide bonds. The van der Waals surface area contributed by atoms with Crippen LogP contribution in [0, 0.1) is 5.92 Å². The lowest BCUT2D eigenvalue weighted by Crippen LogP contribution is -2.55. The van der Waals surface area contributed by atoms with Crippen molar-refractivity contribution in [1.82, 2.24) is 10.6 Å². The molecule has 1 aliphatic carbocycles. The first-order chi connectivity index (χ1) is 12.3. The molecular weight excluding hydrogens is 342 g/mol. The van der Waals surface area contributed by atoms with E-state index in [-0.39, 0.29) is 18.9 Å². The summed E-state index contributed by atoms with van der Waals surface area (Å²) in [5.74, 6) is -4.15. The largest absolute Gasteiger partial charge is 0.496 e. The van der Waals surface area contributed by atoms with Crippen LogP contribution >= 0.6 is 0 Å². The number of carbonyl (C=O) groups is 2. The molecule has 5 nitrogen and oxygen atoms in total. The number of piperidine rings is 1. The van der Waals surface area contributed by atoms with Gasteiger partial charge in [0.15, 0.2) is 0 Å². The van der Waals surface area contributed by atoms with Crippen LogP contribution in [0.15, 0.2) is 18.2 Å². The van der Waals surface area contributed by atoms with Crippen molar-refractivity contribution in [3.63, 3.8) is 0 Å². The maximum Gasteiger partial charge on any atom is 0.265 e. The highest BCUT2D eigenvalue weighted by Crippen LogP contribution is 2.35. The lowest BCUT2D eigenvalue weighted by Gasteiger charge is -2.33. The third kappa shape index (κ3) is 3.66. The van der Waals surface area contributed by atoms with Crippen molar-refractivity contribution in [2.75, 3.05) is 7.11 Å². The molecule has 1 heterocycles. The number of fused-ring (bicyclic) bond motifs is 1. The third-order valence-corrected chi connectivity index (χ3v) is 5.31. The average molecular weight is 366 g/mol. The summed E-state index contributed by atoms with van der Waals surface area (Å²) in [6, 6.07) is 4.32. The molecule has 1 fully saturated rings. The van der Waals surface area contributed by atoms with Crippen LogP contribution in [0.1, 0.15) is 49.8 Å². The molecule has 3 rings (SSSR count). The zero-order valence-electron chi connectivity index (χ0n) is 15.0. The van der Waals surface area contributed by atoms with Gasteiger partial charge in [-0.05, 0) is 49.3 Å². The summed E-state index contributed by atoms with van der Waals surface area (Å²) in [7, 11) is 1.62. The van der Waals surface area contributed by atoms with Gasteiger partial charge < -0.3 is 15.4 Å². The van der Waals surface area contributed by atoms with Crippen LogP contribution < -0.4 is 15.4 Å². The Hall–Kier alpha value is -2.18. The van der Waals surface area contributed by atoms with E-state index in [0.29, 0.717) is 0 Å². The fourth-order valence-corrected chi connectivity index (χ4v) is 3.87. The molecule has 26 heavy (non-hydrogen) atoms. The van der Waals surface area contributed by atoms with Gasteiger partial charge in [-0.15, -0.1) is 0 Å². The molecule has 2 N–H and O–H groups in total. The lowest BCUT2D eigenvalue weighted by molar-refractivity contribution is -0.141. The minimum atomic E-state index is -2.99. The van der Waals surface area contributed by atoms with Crippen molar-refractivity contribution < 1.29 is 23.1 Å². The summed E-state index contributed by atoms with van der Waals surface area (Å²) in [6.45, 7) is 0.782. The van der Waals surface area contributed by atoms with Gasteiger partial charge in [0.05, 0.1) is 19.2 Å². The van der Waals surface area contributed by atoms with Gasteiger partial charge in [0.2, 0.25) is 11.8 Å². The minimum absolute atomic E-state index is 0.0857. The molecule has 7 heteroatoms. The first kappa shape index (κ1) is 18.6. The van der Waals surface area contributed by atoms with Gasteiger partial charge in [0.25, 0.3) is 5.92 Å². The van der Waals surface area contributed by atoms with Crippen LogP contribution in [0.4, 0.5) is 8.78 Å². The molecule has 0 bridgehead atoms. The van der Waals surface area contributed by atoms with Gasteiger partial charge in [-0.25, -0.2) is 8.78 Å². The van der Waals surface area contributed by atoms with E-state index in [4.69, 9.17) is 4.74 Å². The number of rotatable bonds is 4. The first-order valence-electron chi connectivity index (χ1n) is 8.95. The van der Waals surface area contributed by atoms with Gasteiger partial charge in [-0.3, -0.25) is 9.59 Å². The predicted molar refractivity (Wildman–Crippen MR) is 92.1 cm³/mol. The van der Waals surface area contributed by atoms with E-state index >= 15 is 0 Å². The second kappa shape index (κ2) is 7.21. The van der Waals surface area contributed by atoms with Crippen LogP contribution in [0.5, 0.6) is 5.75 Å². The van der Waals surface area contributed by atoms with E-state index in [2.05, 4.69) is 10.6 Å². The maximum absolute atomic E-state index is 13.4. The van der Waals surface area contributed by atoms with E-state index in [9.17, 15) is 18.4 Å². The van der Waals surface area contributed by atoms with E-state index in [1.807, 2.05) is 18.2 Å². The van der Waals surface area contributed by atoms with Gasteiger partial charge >= 0.3 is 0 Å². The smallest absolute Gasteiger partial charge is 0.265 e. The van der Waals surface area contributed by atoms with E-state index in [0.717, 1.165) is 43.1 Å². The Balaban J connectivity index is 1.70. The number of methoxy groups -OCH3 is 1. The van der Waals surface area contributed by atoms with Crippen molar-refractivity contribution in [3.05, 3.63) is 29.3 Å². The zero-order chi connectivity index (χ0) is 18.9. The number of halogens is 2. The molecule has 0 aromatic heterocycles. The van der Waals surface area contributed by atoms with E-state index < -0.39 is 29.7 Å². The second-order valence-electron chi connectivity index (χ2n) is 7.13. The molecular formula is C19H24F2N2O3. The summed E-state index contributed by atoms with van der Waals surface area (Å²) in [4.78, 5) is 24.8. The number of hydrogen-bond acceptors (Lipinski definition) is 3. The van der Waals surface area contributed by atoms with Crippen molar-refractivity contribution >= 4 is 11.8 Å². The first-order valence-corrected chi connectivity index (χ1v) is 8.95. The summed E-state index contributed by atoms with van der Waals surface area (Å²) >= 11 is 0. The maximum atomic E-state index is 13.4. The summed E-state index contributed by atoms with van der Waals surface area (Å²) in [6.07, 6.45) is 2.77. The Morgan fingerprint density at radius 3 is 2.73 bits per heavy atom. The number of amides is 2. The average Bonchev–Trinajstić information content (AvgIpc) is 2.60. The molecule has 1 aliphatic heterocycles. The molecule has 3 unspecified atom stereocenters. The fraction of sp³-hybridized carbons (Fsp3) is 0.579. The number of benzene rings is 1. The molecule has 3 atom stereocenters. The normalized spacial score (nSPS) is 25.8. The zero-order valence-corrected chi connectivity index (χ0v) is 15.0. The number of nitrogens with one attached hydrogen (secondary N) is 2. The molecule has 1 aromatic rings. The number of carbonyl (C=O) groups excluding carboxylic acids is 2. The SMILES string of the molecule is COc1cccc2c1CCCC2NC(=O)C1CCC(C(C)(F)F)NC1=O. The van der Waals surface area contributed by atoms with Gasteiger partial charge in [-0.2, -0.15) is 0 Å². The number of ether oxygens (including phenoxy) is 1. The Kier molecular flexibility index (Phi) is 5.16. The molecule has 0 saturated carbocycles. The van der Waals surface area contributed by atoms with E-state index in [1.54, 1.807) is 7.11 Å². The standard InChI is InChI=1S/C19H24F2N2O3/c1-19(20,21)16-10-9-13(18(25)23-16)17(24)22-14-7-3-6-12-11(14)5-4-8-15(12)26-2/h4-5,8,13-14,16H,3,6-7,9-10H2,1-2H3,(H,22,24)(H,23,25). The summed E-state index contributed by atoms with van der Waals surface area (Å²) in [5.41, 5.74) is 2.07. The number of alkyl halides is 2. The highest BCUT2D eigenvalue weighted by atomic mass is 19.3. The Labute approximate surface area is 151 Å². The van der Waals surface area contributed by atoms with Crippen LogP contribution in [0.2, 0.25) is 0 Å². The van der Waals surface area contributed by atoms with Crippen LogP contribution in [-0.2, 0) is 16.0 Å². The van der Waals surface area contributed by atoms with Crippen LogP contribution in [0.25, 0.3) is 0 Å². The third-order valence-electron chi connectivity index (χ3n) is 5.31. The van der Waals surface area contributed by atoms with Crippen molar-refractivity contribution in [3.8, 4) is 5.75 Å². The van der Waals surface area contributed by atoms with Gasteiger partial charge in [0, 0.05) is 6.92 Å². The monoisotopic (exact) mass is 366 g/mol. The lowest BCUT2D eigenvalue weighted by atomic mass is 9.86. The Bertz CT molecular complexity index is 703. The summed E-state index contributed by atoms with van der Waals surface area (Å²) in [5, 5.41) is 5.23. The predicted octanol–water partition coefficient (Wildman–Crippen LogP) is 2.74.